The number of esters is 1. The highest BCUT2D eigenvalue weighted by atomic mass is 35.5. The number of likely N-dealkylation sites (tertiary alicyclic amines) is 1. The minimum atomic E-state index is -0.704. The number of carbonyl (C=O) groups excluding carboxylic acids is 1. The van der Waals surface area contributed by atoms with Crippen molar-refractivity contribution in [3.63, 3.8) is 0 Å². The van der Waals surface area contributed by atoms with Crippen LogP contribution in [0.4, 0.5) is 0 Å². The Hall–Kier alpha value is -2.33. The predicted octanol–water partition coefficient (Wildman–Crippen LogP) is 6.37. The Kier molecular flexibility index (Phi) is 6.66. The fourth-order valence-corrected chi connectivity index (χ4v) is 4.41. The van der Waals surface area contributed by atoms with Crippen LogP contribution in [0.2, 0.25) is 10.0 Å². The Morgan fingerprint density at radius 1 is 0.903 bits per heavy atom. The largest absolute Gasteiger partial charge is 0.460 e. The van der Waals surface area contributed by atoms with Crippen LogP contribution in [0.5, 0.6) is 0 Å². The van der Waals surface area contributed by atoms with Crippen molar-refractivity contribution in [2.75, 3.05) is 20.1 Å². The molecule has 0 saturated carbocycles. The van der Waals surface area contributed by atoms with Gasteiger partial charge in [0.15, 0.2) is 0 Å². The van der Waals surface area contributed by atoms with Gasteiger partial charge in [-0.05, 0) is 67.4 Å². The molecule has 3 aromatic rings. The van der Waals surface area contributed by atoms with Gasteiger partial charge in [-0.25, -0.2) is 0 Å². The number of halogens is 2. The van der Waals surface area contributed by atoms with Crippen LogP contribution in [0.3, 0.4) is 0 Å². The molecule has 0 aromatic heterocycles. The summed E-state index contributed by atoms with van der Waals surface area (Å²) in [6.45, 7) is 1.88. The number of hydrogen-bond acceptors (Lipinski definition) is 3. The predicted molar refractivity (Wildman–Crippen MR) is 127 cm³/mol. The van der Waals surface area contributed by atoms with Crippen molar-refractivity contribution in [2.24, 2.45) is 0 Å². The fraction of sp³-hybridized carbons (Fsp3) is 0.269. The highest BCUT2D eigenvalue weighted by molar-refractivity contribution is 6.42. The van der Waals surface area contributed by atoms with Crippen LogP contribution in [0.15, 0.2) is 72.8 Å². The maximum atomic E-state index is 13.4. The lowest BCUT2D eigenvalue weighted by molar-refractivity contribution is -0.154. The average Bonchev–Trinajstić information content (AvgIpc) is 2.81. The summed E-state index contributed by atoms with van der Waals surface area (Å²) >= 11 is 12.4. The van der Waals surface area contributed by atoms with Crippen molar-refractivity contribution < 1.29 is 9.53 Å². The van der Waals surface area contributed by atoms with Gasteiger partial charge in [0.25, 0.3) is 0 Å². The molecule has 5 heteroatoms. The number of hydrogen-bond donors (Lipinski definition) is 0. The summed E-state index contributed by atoms with van der Waals surface area (Å²) in [5.74, 6) is -0.203. The van der Waals surface area contributed by atoms with E-state index in [1.165, 1.54) is 0 Å². The molecule has 1 saturated heterocycles. The molecule has 3 aromatic carbocycles. The van der Waals surface area contributed by atoms with E-state index in [2.05, 4.69) is 36.2 Å². The Balaban J connectivity index is 1.51. The van der Waals surface area contributed by atoms with Crippen LogP contribution >= 0.6 is 23.2 Å². The van der Waals surface area contributed by atoms with Crippen molar-refractivity contribution in [3.05, 3.63) is 94.0 Å². The molecule has 0 radical (unpaired) electrons. The van der Waals surface area contributed by atoms with Crippen molar-refractivity contribution in [1.82, 2.24) is 4.90 Å². The zero-order chi connectivity index (χ0) is 21.8. The number of rotatable bonds is 5. The molecule has 0 atom stereocenters. The van der Waals surface area contributed by atoms with Gasteiger partial charge in [0.2, 0.25) is 0 Å². The van der Waals surface area contributed by atoms with Crippen LogP contribution < -0.4 is 0 Å². The van der Waals surface area contributed by atoms with Gasteiger partial charge in [0.1, 0.15) is 6.61 Å². The van der Waals surface area contributed by atoms with Gasteiger partial charge in [-0.3, -0.25) is 4.79 Å². The van der Waals surface area contributed by atoms with Gasteiger partial charge in [0.05, 0.1) is 15.5 Å². The summed E-state index contributed by atoms with van der Waals surface area (Å²) in [5, 5.41) is 0.946. The molecule has 4 rings (SSSR count). The first-order chi connectivity index (χ1) is 15.0. The summed E-state index contributed by atoms with van der Waals surface area (Å²) in [6.07, 6.45) is 1.38. The standard InChI is InChI=1S/C26H25Cl2NO2/c1-29-15-13-26(14-16-29,22-11-12-23(27)24(28)17-22)25(30)31-18-19-7-9-21(10-8-19)20-5-3-2-4-6-20/h2-12,17H,13-16,18H2,1H3. The molecule has 3 nitrogen and oxygen atoms in total. The van der Waals surface area contributed by atoms with Crippen LogP contribution in [-0.2, 0) is 21.6 Å². The molecule has 0 aliphatic carbocycles. The van der Waals surface area contributed by atoms with E-state index in [4.69, 9.17) is 27.9 Å². The third kappa shape index (κ3) is 4.79. The SMILES string of the molecule is CN1CCC(C(=O)OCc2ccc(-c3ccccc3)cc2)(c2ccc(Cl)c(Cl)c2)CC1. The highest BCUT2D eigenvalue weighted by Gasteiger charge is 2.44. The molecule has 31 heavy (non-hydrogen) atoms. The van der Waals surface area contributed by atoms with Crippen molar-refractivity contribution in [3.8, 4) is 11.1 Å². The third-order valence-corrected chi connectivity index (χ3v) is 6.87. The van der Waals surface area contributed by atoms with Gasteiger partial charge in [-0.15, -0.1) is 0 Å². The van der Waals surface area contributed by atoms with Crippen LogP contribution in [0.1, 0.15) is 24.0 Å². The second kappa shape index (κ2) is 9.44. The van der Waals surface area contributed by atoms with E-state index in [0.717, 1.165) is 35.3 Å². The molecule has 1 aliphatic heterocycles. The minimum absolute atomic E-state index is 0.203. The van der Waals surface area contributed by atoms with Gasteiger partial charge in [-0.1, -0.05) is 83.9 Å². The molecular formula is C26H25Cl2NO2. The van der Waals surface area contributed by atoms with E-state index < -0.39 is 5.41 Å². The number of nitrogens with zero attached hydrogens (tertiary/aromatic N) is 1. The average molecular weight is 454 g/mol. The number of carbonyl (C=O) groups is 1. The maximum absolute atomic E-state index is 13.4. The number of piperidine rings is 1. The molecular weight excluding hydrogens is 429 g/mol. The van der Waals surface area contributed by atoms with Gasteiger partial charge < -0.3 is 9.64 Å². The van der Waals surface area contributed by atoms with E-state index in [0.29, 0.717) is 22.9 Å². The molecule has 0 bridgehead atoms. The van der Waals surface area contributed by atoms with E-state index >= 15 is 0 Å². The summed E-state index contributed by atoms with van der Waals surface area (Å²) in [7, 11) is 2.07. The molecule has 0 N–H and O–H groups in total. The summed E-state index contributed by atoms with van der Waals surface area (Å²) in [4.78, 5) is 15.6. The monoisotopic (exact) mass is 453 g/mol. The highest BCUT2D eigenvalue weighted by Crippen LogP contribution is 2.39. The number of benzene rings is 3. The van der Waals surface area contributed by atoms with Crippen LogP contribution in [0, 0.1) is 0 Å². The Morgan fingerprint density at radius 3 is 2.19 bits per heavy atom. The van der Waals surface area contributed by atoms with E-state index in [-0.39, 0.29) is 12.6 Å². The number of ether oxygens (including phenoxy) is 1. The lowest BCUT2D eigenvalue weighted by Gasteiger charge is -2.39. The Bertz CT molecular complexity index is 1040. The zero-order valence-electron chi connectivity index (χ0n) is 17.5. The molecule has 1 heterocycles. The third-order valence-electron chi connectivity index (χ3n) is 6.13. The Morgan fingerprint density at radius 2 is 1.55 bits per heavy atom. The Labute approximate surface area is 193 Å². The molecule has 0 spiro atoms. The lowest BCUT2D eigenvalue weighted by atomic mass is 9.73. The summed E-state index contributed by atoms with van der Waals surface area (Å²) in [5.41, 5.74) is 3.43. The molecule has 160 valence electrons. The summed E-state index contributed by atoms with van der Waals surface area (Å²) in [6, 6.07) is 23.8. The molecule has 0 unspecified atom stereocenters. The van der Waals surface area contributed by atoms with Gasteiger partial charge in [0, 0.05) is 0 Å². The van der Waals surface area contributed by atoms with Crippen LogP contribution in [0.25, 0.3) is 11.1 Å². The zero-order valence-corrected chi connectivity index (χ0v) is 19.0. The van der Waals surface area contributed by atoms with Crippen molar-refractivity contribution >= 4 is 29.2 Å². The van der Waals surface area contributed by atoms with E-state index in [9.17, 15) is 4.79 Å². The summed E-state index contributed by atoms with van der Waals surface area (Å²) < 4.78 is 5.84. The van der Waals surface area contributed by atoms with Gasteiger partial charge >= 0.3 is 5.97 Å². The second-order valence-electron chi connectivity index (χ2n) is 8.15. The first kappa shape index (κ1) is 21.9. The van der Waals surface area contributed by atoms with Gasteiger partial charge in [-0.2, -0.15) is 0 Å². The molecule has 1 aliphatic rings. The second-order valence-corrected chi connectivity index (χ2v) is 8.97. The molecule has 0 amide bonds. The van der Waals surface area contributed by atoms with Crippen molar-refractivity contribution in [2.45, 2.75) is 24.9 Å². The normalized spacial score (nSPS) is 16.1. The maximum Gasteiger partial charge on any atom is 0.316 e. The topological polar surface area (TPSA) is 29.5 Å². The van der Waals surface area contributed by atoms with E-state index in [1.807, 2.05) is 42.5 Å². The minimum Gasteiger partial charge on any atom is -0.460 e. The van der Waals surface area contributed by atoms with Crippen LogP contribution in [-0.4, -0.2) is 31.0 Å². The fourth-order valence-electron chi connectivity index (χ4n) is 4.12. The van der Waals surface area contributed by atoms with Crippen molar-refractivity contribution in [1.29, 1.82) is 0 Å². The first-order valence-corrected chi connectivity index (χ1v) is 11.2. The smallest absolute Gasteiger partial charge is 0.316 e. The molecule has 1 fully saturated rings. The quantitative estimate of drug-likeness (QED) is 0.420. The lowest BCUT2D eigenvalue weighted by Crippen LogP contribution is -2.47. The van der Waals surface area contributed by atoms with E-state index in [1.54, 1.807) is 6.07 Å². The first-order valence-electron chi connectivity index (χ1n) is 10.4.